The van der Waals surface area contributed by atoms with Crippen LogP contribution in [-0.4, -0.2) is 79.6 Å². The minimum absolute atomic E-state index is 0.00233. The van der Waals surface area contributed by atoms with Crippen molar-refractivity contribution in [2.45, 2.75) is 83.8 Å². The van der Waals surface area contributed by atoms with Crippen molar-refractivity contribution in [3.8, 4) is 0 Å². The van der Waals surface area contributed by atoms with Crippen LogP contribution in [0.4, 0.5) is 8.78 Å². The molecule has 2 aromatic carbocycles. The van der Waals surface area contributed by atoms with Gasteiger partial charge in [-0.2, -0.15) is 8.78 Å². The van der Waals surface area contributed by atoms with Gasteiger partial charge in [0.15, 0.2) is 0 Å². The van der Waals surface area contributed by atoms with Gasteiger partial charge in [-0.1, -0.05) is 58.0 Å². The molecular weight excluding hydrogens is 646 g/mol. The van der Waals surface area contributed by atoms with Crippen molar-refractivity contribution in [3.05, 3.63) is 71.3 Å². The van der Waals surface area contributed by atoms with Gasteiger partial charge in [0.05, 0.1) is 12.3 Å². The molecule has 3 N–H and O–H groups in total. The van der Waals surface area contributed by atoms with E-state index in [4.69, 9.17) is 0 Å². The molecule has 2 aromatic rings. The Hall–Kier alpha value is -4.20. The molecule has 48 heavy (non-hydrogen) atoms. The number of nitrogens with zero attached hydrogens (tertiary/aromatic N) is 1. The number of benzene rings is 2. The molecule has 1 fully saturated rings. The Bertz CT molecular complexity index is 1580. The zero-order valence-corrected chi connectivity index (χ0v) is 28.6. The molecule has 0 radical (unpaired) electrons. The number of ketones is 1. The molecule has 11 nitrogen and oxygen atoms in total. The van der Waals surface area contributed by atoms with Gasteiger partial charge in [0.25, 0.3) is 11.8 Å². The molecule has 1 heterocycles. The van der Waals surface area contributed by atoms with Crippen molar-refractivity contribution in [2.24, 2.45) is 11.8 Å². The van der Waals surface area contributed by atoms with Crippen molar-refractivity contribution in [1.29, 1.82) is 0 Å². The Balaban J connectivity index is 1.67. The van der Waals surface area contributed by atoms with Crippen LogP contribution in [0.15, 0.2) is 54.6 Å². The number of sulfonamides is 1. The maximum Gasteiger partial charge on any atom is 0.307 e. The average Bonchev–Trinajstić information content (AvgIpc) is 3.51. The van der Waals surface area contributed by atoms with Crippen molar-refractivity contribution in [3.63, 3.8) is 0 Å². The number of aryl methyl sites for hydroxylation is 1. The number of Topliss-reactive ketones (excluding diaryl/α,β-unsaturated/α-hetero) is 1. The van der Waals surface area contributed by atoms with Crippen LogP contribution in [0.5, 0.6) is 0 Å². The van der Waals surface area contributed by atoms with E-state index in [2.05, 4.69) is 10.6 Å². The van der Waals surface area contributed by atoms with E-state index in [1.807, 2.05) is 35.1 Å². The highest BCUT2D eigenvalue weighted by atomic mass is 32.2. The largest absolute Gasteiger partial charge is 0.344 e. The standard InChI is InChI=1S/C34H44F2N4O7S/c1-21(2)27(29(41)34(35,36)19-9-13-23-11-7-6-8-12-23)37-32(44)26-14-10-20-40(26)33(45)28(22(3)4)38-30(42)24-15-17-25(18-16-24)31(43)39-48(5,46)47/h6-8,11-12,15-18,21-22,26-28H,9-10,13-14,19-20H2,1-5H3,(H,37,44)(H,38,42)(H,39,43)/t26-,27?,28-/m0/s1. The van der Waals surface area contributed by atoms with Gasteiger partial charge in [0.1, 0.15) is 12.1 Å². The SMILES string of the molecule is CC(C)C(NC(=O)[C@@H]1CCCN1C(=O)[C@@H](NC(=O)c1ccc(C(=O)NS(C)(=O)=O)cc1)C(C)C)C(=O)C(F)(F)CCCc1ccccc1. The smallest absolute Gasteiger partial charge is 0.307 e. The molecular formula is C34H44F2N4O7S. The second kappa shape index (κ2) is 16.3. The Morgan fingerprint density at radius 2 is 1.42 bits per heavy atom. The number of amides is 4. The van der Waals surface area contributed by atoms with E-state index in [1.165, 1.54) is 29.2 Å². The quantitative estimate of drug-likeness (QED) is 0.258. The van der Waals surface area contributed by atoms with Crippen LogP contribution >= 0.6 is 0 Å². The van der Waals surface area contributed by atoms with Gasteiger partial charge in [-0.25, -0.2) is 13.1 Å². The lowest BCUT2D eigenvalue weighted by atomic mass is 9.92. The predicted octanol–water partition coefficient (Wildman–Crippen LogP) is 3.49. The summed E-state index contributed by atoms with van der Waals surface area (Å²) >= 11 is 0. The fourth-order valence-electron chi connectivity index (χ4n) is 5.51. The fraction of sp³-hybridized carbons (Fsp3) is 0.500. The Labute approximate surface area is 280 Å². The number of alkyl halides is 2. The van der Waals surface area contributed by atoms with Gasteiger partial charge in [0.2, 0.25) is 27.6 Å². The first kappa shape index (κ1) is 38.2. The molecule has 0 saturated carbocycles. The highest BCUT2D eigenvalue weighted by molar-refractivity contribution is 7.89. The molecule has 4 amide bonds. The number of carbonyl (C=O) groups is 5. The van der Waals surface area contributed by atoms with Crippen LogP contribution in [0.3, 0.4) is 0 Å². The summed E-state index contributed by atoms with van der Waals surface area (Å²) in [6.07, 6.45) is 1.33. The fourth-order valence-corrected chi connectivity index (χ4v) is 5.97. The third-order valence-corrected chi connectivity index (χ3v) is 8.71. The lowest BCUT2D eigenvalue weighted by Crippen LogP contribution is -2.58. The molecule has 0 aromatic heterocycles. The van der Waals surface area contributed by atoms with Crippen LogP contribution in [0.2, 0.25) is 0 Å². The summed E-state index contributed by atoms with van der Waals surface area (Å²) < 4.78 is 54.7. The van der Waals surface area contributed by atoms with E-state index in [9.17, 15) is 32.4 Å². The van der Waals surface area contributed by atoms with E-state index < -0.39 is 81.7 Å². The zero-order valence-electron chi connectivity index (χ0n) is 27.8. The Morgan fingerprint density at radius 1 is 0.854 bits per heavy atom. The minimum atomic E-state index is -3.79. The molecule has 3 atom stereocenters. The zero-order chi connectivity index (χ0) is 35.8. The van der Waals surface area contributed by atoms with Gasteiger partial charge in [0, 0.05) is 24.1 Å². The highest BCUT2D eigenvalue weighted by Gasteiger charge is 2.46. The lowest BCUT2D eigenvalue weighted by Gasteiger charge is -2.32. The number of rotatable bonds is 15. The van der Waals surface area contributed by atoms with Gasteiger partial charge < -0.3 is 15.5 Å². The van der Waals surface area contributed by atoms with Gasteiger partial charge >= 0.3 is 5.92 Å². The maximum atomic E-state index is 15.1. The van der Waals surface area contributed by atoms with Crippen LogP contribution < -0.4 is 15.4 Å². The first-order valence-electron chi connectivity index (χ1n) is 15.9. The van der Waals surface area contributed by atoms with Gasteiger partial charge in [-0.3, -0.25) is 24.0 Å². The summed E-state index contributed by atoms with van der Waals surface area (Å²) in [6.45, 7) is 6.74. The predicted molar refractivity (Wildman–Crippen MR) is 176 cm³/mol. The maximum absolute atomic E-state index is 15.1. The Morgan fingerprint density at radius 3 is 1.96 bits per heavy atom. The van der Waals surface area contributed by atoms with Gasteiger partial charge in [-0.05, 0) is 67.3 Å². The highest BCUT2D eigenvalue weighted by Crippen LogP contribution is 2.27. The summed E-state index contributed by atoms with van der Waals surface area (Å²) in [4.78, 5) is 66.7. The van der Waals surface area contributed by atoms with Crippen molar-refractivity contribution < 1.29 is 41.2 Å². The van der Waals surface area contributed by atoms with Crippen LogP contribution in [0, 0.1) is 11.8 Å². The van der Waals surface area contributed by atoms with E-state index in [1.54, 1.807) is 27.7 Å². The number of hydrogen-bond donors (Lipinski definition) is 3. The summed E-state index contributed by atoms with van der Waals surface area (Å²) in [5, 5.41) is 5.17. The van der Waals surface area contributed by atoms with Crippen LogP contribution in [-0.2, 0) is 30.8 Å². The third kappa shape index (κ3) is 10.4. The summed E-state index contributed by atoms with van der Waals surface area (Å²) in [6, 6.07) is 10.7. The molecule has 1 unspecified atom stereocenters. The third-order valence-electron chi connectivity index (χ3n) is 8.15. The number of carbonyl (C=O) groups excluding carboxylic acids is 5. The lowest BCUT2D eigenvalue weighted by molar-refractivity contribution is -0.150. The Kier molecular flexibility index (Phi) is 13.0. The van der Waals surface area contributed by atoms with E-state index in [0.717, 1.165) is 11.8 Å². The molecule has 14 heteroatoms. The summed E-state index contributed by atoms with van der Waals surface area (Å²) in [7, 11) is -3.79. The second-order valence-corrected chi connectivity index (χ2v) is 14.6. The van der Waals surface area contributed by atoms with E-state index in [-0.39, 0.29) is 30.5 Å². The molecule has 262 valence electrons. The monoisotopic (exact) mass is 690 g/mol. The molecule has 0 spiro atoms. The topological polar surface area (TPSA) is 159 Å². The van der Waals surface area contributed by atoms with Crippen molar-refractivity contribution in [1.82, 2.24) is 20.3 Å². The minimum Gasteiger partial charge on any atom is -0.344 e. The molecule has 1 aliphatic rings. The first-order chi connectivity index (χ1) is 22.4. The molecule has 0 bridgehead atoms. The molecule has 0 aliphatic carbocycles. The molecule has 3 rings (SSSR count). The molecule has 1 aliphatic heterocycles. The normalized spacial score (nSPS) is 16.4. The van der Waals surface area contributed by atoms with E-state index >= 15 is 8.78 Å². The van der Waals surface area contributed by atoms with Crippen LogP contribution in [0.1, 0.15) is 79.7 Å². The summed E-state index contributed by atoms with van der Waals surface area (Å²) in [5.74, 6) is -8.86. The second-order valence-electron chi connectivity index (χ2n) is 12.8. The summed E-state index contributed by atoms with van der Waals surface area (Å²) in [5.41, 5.74) is 0.982. The van der Waals surface area contributed by atoms with Crippen molar-refractivity contribution >= 4 is 39.4 Å². The van der Waals surface area contributed by atoms with Gasteiger partial charge in [-0.15, -0.1) is 0 Å². The number of nitrogens with one attached hydrogen (secondary N) is 3. The molecule has 1 saturated heterocycles. The first-order valence-corrected chi connectivity index (χ1v) is 17.8. The van der Waals surface area contributed by atoms with Crippen molar-refractivity contribution in [2.75, 3.05) is 12.8 Å². The number of likely N-dealkylation sites (tertiary alicyclic amines) is 1. The average molecular weight is 691 g/mol. The number of halogens is 2. The van der Waals surface area contributed by atoms with E-state index in [0.29, 0.717) is 12.8 Å². The number of hydrogen-bond acceptors (Lipinski definition) is 7. The van der Waals surface area contributed by atoms with Crippen LogP contribution in [0.25, 0.3) is 0 Å².